The molecule has 1 aromatic rings. The molecule has 6 nitrogen and oxygen atoms in total. The van der Waals surface area contributed by atoms with Crippen molar-refractivity contribution in [2.24, 2.45) is 11.8 Å². The van der Waals surface area contributed by atoms with E-state index in [9.17, 15) is 25.2 Å². The topological polar surface area (TPSA) is 110 Å². The zero-order valence-electron chi connectivity index (χ0n) is 21.6. The maximum Gasteiger partial charge on any atom is 0.220 e. The summed E-state index contributed by atoms with van der Waals surface area (Å²) in [5.74, 6) is -0.0307. The molecule has 1 aliphatic carbocycles. The number of hydrogen-bond donors (Lipinski definition) is 5. The summed E-state index contributed by atoms with van der Waals surface area (Å²) >= 11 is 0. The second-order valence-corrected chi connectivity index (χ2v) is 9.99. The van der Waals surface area contributed by atoms with Gasteiger partial charge in [0.2, 0.25) is 5.91 Å². The number of unbranched alkanes of at least 4 members (excludes halogenated alkanes) is 3. The third-order valence-electron chi connectivity index (χ3n) is 7.04. The monoisotopic (exact) mass is 487 g/mol. The Morgan fingerprint density at radius 1 is 1.17 bits per heavy atom. The Morgan fingerprint density at radius 2 is 1.94 bits per heavy atom. The van der Waals surface area contributed by atoms with Gasteiger partial charge in [0.15, 0.2) is 0 Å². The summed E-state index contributed by atoms with van der Waals surface area (Å²) in [4.78, 5) is 12.3. The molecule has 0 saturated heterocycles. The molecule has 1 saturated carbocycles. The van der Waals surface area contributed by atoms with Crippen LogP contribution in [-0.4, -0.2) is 44.6 Å². The average Bonchev–Trinajstić information content (AvgIpc) is 3.08. The first-order chi connectivity index (χ1) is 16.7. The molecule has 6 atom stereocenters. The second-order valence-electron chi connectivity index (χ2n) is 9.99. The highest BCUT2D eigenvalue weighted by molar-refractivity contribution is 5.76. The van der Waals surface area contributed by atoms with Gasteiger partial charge in [0.05, 0.1) is 24.4 Å². The summed E-state index contributed by atoms with van der Waals surface area (Å²) in [7, 11) is 0. The molecular weight excluding hydrogens is 442 g/mol. The van der Waals surface area contributed by atoms with E-state index in [0.29, 0.717) is 19.3 Å². The van der Waals surface area contributed by atoms with Crippen LogP contribution in [-0.2, 0) is 4.79 Å². The standard InChI is InChI=1S/C29H45NO5/c1-4-5-8-11-23(31)16-17-25-24(27(33)19-28(25)34)12-9-6-7-10-13-29(35)30-21(3)22-15-14-20(2)26(32)18-22/h6,9,14-18,21,23-25,27-28,31-34H,4-5,7-8,10-13,19H2,1-3H3,(H,30,35)/b9-6-,17-16+/t21?,23?,24-,25-,27+,28-/m1/s1. The summed E-state index contributed by atoms with van der Waals surface area (Å²) in [6, 6.07) is 5.27. The fourth-order valence-corrected chi connectivity index (χ4v) is 4.71. The van der Waals surface area contributed by atoms with E-state index in [1.807, 2.05) is 44.2 Å². The Morgan fingerprint density at radius 3 is 2.66 bits per heavy atom. The predicted octanol–water partition coefficient (Wildman–Crippen LogP) is 4.85. The number of hydrogen-bond acceptors (Lipinski definition) is 5. The molecule has 0 aliphatic heterocycles. The van der Waals surface area contributed by atoms with E-state index in [4.69, 9.17) is 0 Å². The fourth-order valence-electron chi connectivity index (χ4n) is 4.71. The molecule has 0 aromatic heterocycles. The van der Waals surface area contributed by atoms with Crippen molar-refractivity contribution in [2.75, 3.05) is 0 Å². The van der Waals surface area contributed by atoms with Crippen molar-refractivity contribution in [3.63, 3.8) is 0 Å². The van der Waals surface area contributed by atoms with Crippen LogP contribution in [0.3, 0.4) is 0 Å². The molecule has 0 bridgehead atoms. The molecule has 6 heteroatoms. The van der Waals surface area contributed by atoms with Crippen LogP contribution < -0.4 is 5.32 Å². The van der Waals surface area contributed by atoms with Crippen molar-refractivity contribution >= 4 is 5.91 Å². The third kappa shape index (κ3) is 9.79. The van der Waals surface area contributed by atoms with Gasteiger partial charge in [-0.1, -0.05) is 62.6 Å². The highest BCUT2D eigenvalue weighted by Crippen LogP contribution is 2.36. The van der Waals surface area contributed by atoms with E-state index in [-0.39, 0.29) is 29.5 Å². The van der Waals surface area contributed by atoms with Crippen molar-refractivity contribution in [1.82, 2.24) is 5.32 Å². The second kappa shape index (κ2) is 15.1. The number of carbonyl (C=O) groups excluding carboxylic acids is 1. The molecule has 0 spiro atoms. The van der Waals surface area contributed by atoms with Crippen molar-refractivity contribution in [3.8, 4) is 5.75 Å². The van der Waals surface area contributed by atoms with Crippen LogP contribution in [0.25, 0.3) is 0 Å². The minimum absolute atomic E-state index is 0.0250. The number of aromatic hydroxyl groups is 1. The third-order valence-corrected chi connectivity index (χ3v) is 7.04. The van der Waals surface area contributed by atoms with E-state index in [2.05, 4.69) is 12.2 Å². The van der Waals surface area contributed by atoms with Crippen LogP contribution in [0.2, 0.25) is 0 Å². The van der Waals surface area contributed by atoms with E-state index in [0.717, 1.165) is 49.7 Å². The van der Waals surface area contributed by atoms with Crippen molar-refractivity contribution in [2.45, 2.75) is 103 Å². The summed E-state index contributed by atoms with van der Waals surface area (Å²) in [5.41, 5.74) is 1.68. The van der Waals surface area contributed by atoms with Gasteiger partial charge in [-0.15, -0.1) is 0 Å². The molecule has 0 heterocycles. The van der Waals surface area contributed by atoms with Crippen LogP contribution in [0.4, 0.5) is 0 Å². The summed E-state index contributed by atoms with van der Waals surface area (Å²) in [5, 5.41) is 43.7. The summed E-state index contributed by atoms with van der Waals surface area (Å²) in [6.07, 6.45) is 12.9. The molecule has 35 heavy (non-hydrogen) atoms. The SMILES string of the molecule is CCCCCC(O)/C=C/[C@@H]1[C@@H](C/C=C\CCCC(=O)NC(C)c2ccc(C)c(O)c2)[C@@H](O)C[C@H]1O. The Balaban J connectivity index is 1.73. The first kappa shape index (κ1) is 29.1. The normalized spacial score (nSPS) is 24.3. The summed E-state index contributed by atoms with van der Waals surface area (Å²) in [6.45, 7) is 5.87. The number of rotatable bonds is 14. The van der Waals surface area contributed by atoms with E-state index in [1.165, 1.54) is 0 Å². The molecule has 2 unspecified atom stereocenters. The molecule has 1 fully saturated rings. The number of aliphatic hydroxyl groups excluding tert-OH is 3. The van der Waals surface area contributed by atoms with Crippen LogP contribution in [0.15, 0.2) is 42.5 Å². The quantitative estimate of drug-likeness (QED) is 0.190. The van der Waals surface area contributed by atoms with Crippen molar-refractivity contribution < 1.29 is 25.2 Å². The lowest BCUT2D eigenvalue weighted by Crippen LogP contribution is -2.26. The van der Waals surface area contributed by atoms with E-state index < -0.39 is 18.3 Å². The number of nitrogens with one attached hydrogen (secondary N) is 1. The Labute approximate surface area is 210 Å². The van der Waals surface area contributed by atoms with Gasteiger partial charge in [0.25, 0.3) is 0 Å². The lowest BCUT2D eigenvalue weighted by molar-refractivity contribution is -0.121. The Hall–Kier alpha value is -2.15. The number of amides is 1. The Bertz CT molecular complexity index is 836. The van der Waals surface area contributed by atoms with Crippen LogP contribution in [0, 0.1) is 18.8 Å². The lowest BCUT2D eigenvalue weighted by atomic mass is 9.89. The lowest BCUT2D eigenvalue weighted by Gasteiger charge is -2.19. The molecule has 0 radical (unpaired) electrons. The number of carbonyl (C=O) groups is 1. The highest BCUT2D eigenvalue weighted by Gasteiger charge is 2.39. The van der Waals surface area contributed by atoms with Crippen LogP contribution in [0.5, 0.6) is 5.75 Å². The number of phenols is 1. The fraction of sp³-hybridized carbons (Fsp3) is 0.621. The number of aryl methyl sites for hydroxylation is 1. The molecule has 1 aliphatic rings. The summed E-state index contributed by atoms with van der Waals surface area (Å²) < 4.78 is 0. The Kier molecular flexibility index (Phi) is 12.5. The number of aliphatic hydroxyl groups is 3. The minimum atomic E-state index is -0.594. The molecular formula is C29H45NO5. The van der Waals surface area contributed by atoms with Gasteiger partial charge >= 0.3 is 0 Å². The van der Waals surface area contributed by atoms with Crippen LogP contribution >= 0.6 is 0 Å². The zero-order chi connectivity index (χ0) is 25.8. The van der Waals surface area contributed by atoms with Gasteiger partial charge in [0, 0.05) is 18.8 Å². The first-order valence-corrected chi connectivity index (χ1v) is 13.2. The maximum atomic E-state index is 12.3. The van der Waals surface area contributed by atoms with Gasteiger partial charge < -0.3 is 25.7 Å². The number of phenolic OH excluding ortho intramolecular Hbond substituents is 1. The molecule has 196 valence electrons. The molecule has 5 N–H and O–H groups in total. The largest absolute Gasteiger partial charge is 0.508 e. The first-order valence-electron chi connectivity index (χ1n) is 13.2. The van der Waals surface area contributed by atoms with Gasteiger partial charge in [-0.2, -0.15) is 0 Å². The minimum Gasteiger partial charge on any atom is -0.508 e. The van der Waals surface area contributed by atoms with Crippen molar-refractivity contribution in [1.29, 1.82) is 0 Å². The highest BCUT2D eigenvalue weighted by atomic mass is 16.3. The van der Waals surface area contributed by atoms with Gasteiger partial charge in [-0.05, 0) is 62.6 Å². The smallest absolute Gasteiger partial charge is 0.220 e. The number of allylic oxidation sites excluding steroid dienone is 2. The average molecular weight is 488 g/mol. The van der Waals surface area contributed by atoms with E-state index in [1.54, 1.807) is 12.1 Å². The molecule has 1 amide bonds. The zero-order valence-corrected chi connectivity index (χ0v) is 21.6. The maximum absolute atomic E-state index is 12.3. The van der Waals surface area contributed by atoms with Gasteiger partial charge in [0.1, 0.15) is 5.75 Å². The molecule has 2 rings (SSSR count). The molecule has 1 aromatic carbocycles. The van der Waals surface area contributed by atoms with Crippen LogP contribution in [0.1, 0.15) is 88.8 Å². The van der Waals surface area contributed by atoms with Gasteiger partial charge in [-0.25, -0.2) is 0 Å². The predicted molar refractivity (Wildman–Crippen MR) is 140 cm³/mol. The van der Waals surface area contributed by atoms with Gasteiger partial charge in [-0.3, -0.25) is 4.79 Å². The van der Waals surface area contributed by atoms with Crippen molar-refractivity contribution in [3.05, 3.63) is 53.6 Å². The number of benzene rings is 1. The van der Waals surface area contributed by atoms with E-state index >= 15 is 0 Å².